The second kappa shape index (κ2) is 2.00. The van der Waals surface area contributed by atoms with Crippen molar-refractivity contribution in [3.05, 3.63) is 12.1 Å². The summed E-state index contributed by atoms with van der Waals surface area (Å²) < 4.78 is 27.4. The van der Waals surface area contributed by atoms with Crippen LogP contribution in [0.3, 0.4) is 0 Å². The lowest BCUT2D eigenvalue weighted by molar-refractivity contribution is 0.116. The van der Waals surface area contributed by atoms with Gasteiger partial charge in [0, 0.05) is 0 Å². The maximum absolute atomic E-state index is 11.6. The molecule has 1 aromatic heterocycles. The second-order valence-electron chi connectivity index (χ2n) is 1.40. The van der Waals surface area contributed by atoms with E-state index >= 15 is 0 Å². The van der Waals surface area contributed by atoms with Crippen LogP contribution in [0.15, 0.2) is 10.6 Å². The van der Waals surface area contributed by atoms with Crippen LogP contribution in [-0.2, 0) is 0 Å². The zero-order valence-corrected chi connectivity index (χ0v) is 4.34. The molecule has 9 heavy (non-hydrogen) atoms. The van der Waals surface area contributed by atoms with Crippen LogP contribution in [-0.4, -0.2) is 4.98 Å². The molecular formula is C4H4F2N2O. The molecule has 0 saturated heterocycles. The van der Waals surface area contributed by atoms with E-state index in [1.807, 2.05) is 0 Å². The summed E-state index contributed by atoms with van der Waals surface area (Å²) in [4.78, 5) is 3.17. The van der Waals surface area contributed by atoms with E-state index in [-0.39, 0.29) is 5.88 Å². The molecule has 0 aromatic carbocycles. The topological polar surface area (TPSA) is 52.0 Å². The van der Waals surface area contributed by atoms with Gasteiger partial charge in [-0.05, 0) is 0 Å². The standard InChI is InChI=1S/C4H4F2N2O/c5-3(6)4-8-1-2(7)9-4/h1,3H,7H2. The molecule has 1 rings (SSSR count). The molecule has 0 aliphatic carbocycles. The Balaban J connectivity index is 2.85. The van der Waals surface area contributed by atoms with Crippen molar-refractivity contribution in [2.75, 3.05) is 5.73 Å². The highest BCUT2D eigenvalue weighted by atomic mass is 19.3. The van der Waals surface area contributed by atoms with Crippen molar-refractivity contribution < 1.29 is 13.2 Å². The van der Waals surface area contributed by atoms with Crippen LogP contribution in [0.2, 0.25) is 0 Å². The minimum Gasteiger partial charge on any atom is -0.419 e. The number of alkyl halides is 2. The van der Waals surface area contributed by atoms with Gasteiger partial charge in [-0.15, -0.1) is 0 Å². The summed E-state index contributed by atoms with van der Waals surface area (Å²) >= 11 is 0. The van der Waals surface area contributed by atoms with Gasteiger partial charge in [0.05, 0.1) is 6.20 Å². The predicted octanol–water partition coefficient (Wildman–Crippen LogP) is 1.19. The zero-order valence-electron chi connectivity index (χ0n) is 4.34. The maximum Gasteiger partial charge on any atom is 0.313 e. The largest absolute Gasteiger partial charge is 0.419 e. The Morgan fingerprint density at radius 3 is 2.56 bits per heavy atom. The number of nitrogens with zero attached hydrogens (tertiary/aromatic N) is 1. The second-order valence-corrected chi connectivity index (χ2v) is 1.40. The number of hydrogen-bond acceptors (Lipinski definition) is 3. The molecule has 5 heteroatoms. The van der Waals surface area contributed by atoms with Gasteiger partial charge in [-0.25, -0.2) is 4.98 Å². The van der Waals surface area contributed by atoms with Crippen molar-refractivity contribution >= 4 is 5.88 Å². The highest BCUT2D eigenvalue weighted by Gasteiger charge is 2.12. The van der Waals surface area contributed by atoms with Gasteiger partial charge in [-0.1, -0.05) is 0 Å². The molecule has 0 amide bonds. The summed E-state index contributed by atoms with van der Waals surface area (Å²) in [6.07, 6.45) is -1.64. The molecular weight excluding hydrogens is 130 g/mol. The van der Waals surface area contributed by atoms with Crippen molar-refractivity contribution in [3.63, 3.8) is 0 Å². The van der Waals surface area contributed by atoms with Crippen molar-refractivity contribution in [1.29, 1.82) is 0 Å². The molecule has 0 fully saturated rings. The van der Waals surface area contributed by atoms with Crippen LogP contribution in [0.5, 0.6) is 0 Å². The summed E-state index contributed by atoms with van der Waals surface area (Å²) in [5.74, 6) is -0.724. The van der Waals surface area contributed by atoms with E-state index in [9.17, 15) is 8.78 Å². The zero-order chi connectivity index (χ0) is 6.85. The SMILES string of the molecule is Nc1cnc(C(F)F)o1. The Morgan fingerprint density at radius 2 is 2.33 bits per heavy atom. The highest BCUT2D eigenvalue weighted by Crippen LogP contribution is 2.18. The first-order chi connectivity index (χ1) is 4.20. The normalized spacial score (nSPS) is 10.6. The van der Waals surface area contributed by atoms with Crippen LogP contribution < -0.4 is 5.73 Å². The Bertz CT molecular complexity index is 198. The lowest BCUT2D eigenvalue weighted by Gasteiger charge is -1.86. The number of nitrogen functional groups attached to an aromatic ring is 1. The molecule has 0 spiro atoms. The van der Waals surface area contributed by atoms with E-state index in [2.05, 4.69) is 9.40 Å². The third-order valence-corrected chi connectivity index (χ3v) is 0.728. The predicted molar refractivity (Wildman–Crippen MR) is 25.9 cm³/mol. The number of rotatable bonds is 1. The van der Waals surface area contributed by atoms with Gasteiger partial charge < -0.3 is 10.2 Å². The number of halogens is 2. The summed E-state index contributed by atoms with van der Waals surface area (Å²) in [6, 6.07) is 0. The third-order valence-electron chi connectivity index (χ3n) is 0.728. The van der Waals surface area contributed by atoms with Gasteiger partial charge in [-0.2, -0.15) is 8.78 Å². The molecule has 0 saturated carbocycles. The fourth-order valence-electron chi connectivity index (χ4n) is 0.402. The summed E-state index contributed by atoms with van der Waals surface area (Å²) in [6.45, 7) is 0. The first-order valence-corrected chi connectivity index (χ1v) is 2.19. The highest BCUT2D eigenvalue weighted by molar-refractivity contribution is 5.18. The average molecular weight is 134 g/mol. The number of hydrogen-bond donors (Lipinski definition) is 1. The molecule has 3 nitrogen and oxygen atoms in total. The quantitative estimate of drug-likeness (QED) is 0.627. The Kier molecular flexibility index (Phi) is 1.33. The van der Waals surface area contributed by atoms with E-state index in [4.69, 9.17) is 5.73 Å². The fraction of sp³-hybridized carbons (Fsp3) is 0.250. The molecule has 50 valence electrons. The van der Waals surface area contributed by atoms with Gasteiger partial charge >= 0.3 is 6.43 Å². The van der Waals surface area contributed by atoms with Gasteiger partial charge in [0.2, 0.25) is 5.88 Å². The summed E-state index contributed by atoms with van der Waals surface area (Å²) in [5.41, 5.74) is 4.95. The molecule has 0 bridgehead atoms. The first kappa shape index (κ1) is 6.00. The van der Waals surface area contributed by atoms with Crippen LogP contribution >= 0.6 is 0 Å². The lowest BCUT2D eigenvalue weighted by atomic mass is 10.7. The van der Waals surface area contributed by atoms with Crippen molar-refractivity contribution in [1.82, 2.24) is 4.98 Å². The number of anilines is 1. The Morgan fingerprint density at radius 1 is 1.67 bits per heavy atom. The number of nitrogens with two attached hydrogens (primary N) is 1. The van der Waals surface area contributed by atoms with Gasteiger partial charge in [0.25, 0.3) is 5.89 Å². The van der Waals surface area contributed by atoms with Crippen LogP contribution in [0.25, 0.3) is 0 Å². The number of aromatic nitrogens is 1. The van der Waals surface area contributed by atoms with Gasteiger partial charge in [-0.3, -0.25) is 0 Å². The van der Waals surface area contributed by atoms with Crippen LogP contribution in [0, 0.1) is 0 Å². The molecule has 0 aliphatic heterocycles. The van der Waals surface area contributed by atoms with E-state index in [0.717, 1.165) is 6.20 Å². The van der Waals surface area contributed by atoms with Gasteiger partial charge in [0.15, 0.2) is 0 Å². The molecule has 2 N–H and O–H groups in total. The average Bonchev–Trinajstić information content (AvgIpc) is 2.14. The molecule has 0 radical (unpaired) electrons. The first-order valence-electron chi connectivity index (χ1n) is 2.19. The van der Waals surface area contributed by atoms with Gasteiger partial charge in [0.1, 0.15) is 0 Å². The minimum atomic E-state index is -2.68. The van der Waals surface area contributed by atoms with E-state index in [0.29, 0.717) is 0 Å². The molecule has 0 aliphatic rings. The molecule has 0 atom stereocenters. The fourth-order valence-corrected chi connectivity index (χ4v) is 0.402. The lowest BCUT2D eigenvalue weighted by Crippen LogP contribution is -1.81. The summed E-state index contributed by atoms with van der Waals surface area (Å²) in [7, 11) is 0. The van der Waals surface area contributed by atoms with Crippen molar-refractivity contribution in [2.45, 2.75) is 6.43 Å². The van der Waals surface area contributed by atoms with E-state index in [1.165, 1.54) is 0 Å². The Labute approximate surface area is 49.5 Å². The van der Waals surface area contributed by atoms with E-state index < -0.39 is 12.3 Å². The van der Waals surface area contributed by atoms with E-state index in [1.54, 1.807) is 0 Å². The maximum atomic E-state index is 11.6. The minimum absolute atomic E-state index is 0.0923. The summed E-state index contributed by atoms with van der Waals surface area (Å²) in [5, 5.41) is 0. The van der Waals surface area contributed by atoms with Crippen molar-refractivity contribution in [3.8, 4) is 0 Å². The van der Waals surface area contributed by atoms with Crippen LogP contribution in [0.4, 0.5) is 14.7 Å². The monoisotopic (exact) mass is 134 g/mol. The van der Waals surface area contributed by atoms with Crippen molar-refractivity contribution in [2.24, 2.45) is 0 Å². The molecule has 1 heterocycles. The Hall–Kier alpha value is -1.13. The third kappa shape index (κ3) is 1.16. The number of oxazole rings is 1. The van der Waals surface area contributed by atoms with Crippen LogP contribution in [0.1, 0.15) is 12.3 Å². The smallest absolute Gasteiger partial charge is 0.313 e. The molecule has 1 aromatic rings. The molecule has 0 unspecified atom stereocenters.